The number of ether oxygens (including phenoxy) is 2. The van der Waals surface area contributed by atoms with E-state index in [-0.39, 0.29) is 5.92 Å². The summed E-state index contributed by atoms with van der Waals surface area (Å²) >= 11 is 0. The lowest BCUT2D eigenvalue weighted by atomic mass is 10.0. The van der Waals surface area contributed by atoms with Crippen molar-refractivity contribution in [1.29, 1.82) is 5.26 Å². The molecule has 4 heteroatoms. The predicted octanol–water partition coefficient (Wildman–Crippen LogP) is 1.73. The summed E-state index contributed by atoms with van der Waals surface area (Å²) in [6.07, 6.45) is 1.60. The molecule has 0 spiro atoms. The van der Waals surface area contributed by atoms with Crippen molar-refractivity contribution in [2.24, 2.45) is 0 Å². The van der Waals surface area contributed by atoms with Crippen LogP contribution in [0.25, 0.3) is 0 Å². The molecule has 0 aliphatic rings. The lowest BCUT2D eigenvalue weighted by Gasteiger charge is -2.10. The molecule has 0 aromatic carbocycles. The van der Waals surface area contributed by atoms with E-state index in [9.17, 15) is 0 Å². The minimum Gasteiger partial charge on any atom is -0.496 e. The van der Waals surface area contributed by atoms with E-state index in [2.05, 4.69) is 11.1 Å². The summed E-state index contributed by atoms with van der Waals surface area (Å²) in [7, 11) is 3.09. The summed E-state index contributed by atoms with van der Waals surface area (Å²) in [4.78, 5) is 4.02. The normalized spacial score (nSPS) is 11.6. The van der Waals surface area contributed by atoms with Crippen LogP contribution in [0, 0.1) is 11.3 Å². The average Bonchev–Trinajstić information content (AvgIpc) is 2.27. The first-order valence-corrected chi connectivity index (χ1v) is 4.20. The summed E-state index contributed by atoms with van der Waals surface area (Å²) in [5, 5.41) is 8.77. The molecule has 1 aromatic heterocycles. The van der Waals surface area contributed by atoms with Gasteiger partial charge in [-0.2, -0.15) is 5.26 Å². The first-order chi connectivity index (χ1) is 6.72. The number of aromatic nitrogens is 1. The molecular formula is C10H12N2O2. The molecule has 0 saturated carbocycles. The van der Waals surface area contributed by atoms with Crippen molar-refractivity contribution in [3.63, 3.8) is 0 Å². The van der Waals surface area contributed by atoms with Crippen LogP contribution in [0.3, 0.4) is 0 Å². The molecule has 1 atom stereocenters. The van der Waals surface area contributed by atoms with Crippen molar-refractivity contribution >= 4 is 0 Å². The van der Waals surface area contributed by atoms with Gasteiger partial charge in [0.2, 0.25) is 5.88 Å². The van der Waals surface area contributed by atoms with Gasteiger partial charge < -0.3 is 9.47 Å². The Kier molecular flexibility index (Phi) is 3.29. The van der Waals surface area contributed by atoms with Crippen molar-refractivity contribution < 1.29 is 9.47 Å². The van der Waals surface area contributed by atoms with Crippen LogP contribution in [-0.2, 0) is 0 Å². The second-order valence-electron chi connectivity index (χ2n) is 2.82. The Bertz CT molecular complexity index is 358. The highest BCUT2D eigenvalue weighted by Crippen LogP contribution is 2.27. The zero-order valence-corrected chi connectivity index (χ0v) is 8.44. The first-order valence-electron chi connectivity index (χ1n) is 4.20. The first kappa shape index (κ1) is 10.3. The Morgan fingerprint density at radius 1 is 1.43 bits per heavy atom. The number of rotatable bonds is 3. The van der Waals surface area contributed by atoms with Gasteiger partial charge >= 0.3 is 0 Å². The van der Waals surface area contributed by atoms with Crippen LogP contribution in [0.4, 0.5) is 0 Å². The van der Waals surface area contributed by atoms with Gasteiger partial charge in [-0.1, -0.05) is 0 Å². The topological polar surface area (TPSA) is 55.1 Å². The van der Waals surface area contributed by atoms with Crippen molar-refractivity contribution in [1.82, 2.24) is 4.98 Å². The van der Waals surface area contributed by atoms with E-state index in [1.165, 1.54) is 7.11 Å². The van der Waals surface area contributed by atoms with Crippen molar-refractivity contribution in [3.05, 3.63) is 17.8 Å². The third-order valence-electron chi connectivity index (χ3n) is 1.96. The average molecular weight is 192 g/mol. The van der Waals surface area contributed by atoms with Crippen molar-refractivity contribution in [2.45, 2.75) is 12.8 Å². The van der Waals surface area contributed by atoms with E-state index >= 15 is 0 Å². The smallest absolute Gasteiger partial charge is 0.216 e. The van der Waals surface area contributed by atoms with Gasteiger partial charge in [0.1, 0.15) is 5.75 Å². The predicted molar refractivity (Wildman–Crippen MR) is 51.4 cm³/mol. The molecule has 4 nitrogen and oxygen atoms in total. The van der Waals surface area contributed by atoms with E-state index < -0.39 is 0 Å². The maximum atomic E-state index is 8.77. The number of hydrogen-bond acceptors (Lipinski definition) is 4. The van der Waals surface area contributed by atoms with Gasteiger partial charge in [-0.05, 0) is 6.92 Å². The highest BCUT2D eigenvalue weighted by Gasteiger charge is 2.12. The molecule has 0 radical (unpaired) electrons. The standard InChI is InChI=1S/C10H12N2O2/c1-7(5-11)8-6-12-10(14-3)4-9(8)13-2/h4,6-7H,1-3H3. The van der Waals surface area contributed by atoms with Crippen LogP contribution in [0.2, 0.25) is 0 Å². The number of pyridine rings is 1. The van der Waals surface area contributed by atoms with Crippen molar-refractivity contribution in [2.75, 3.05) is 14.2 Å². The largest absolute Gasteiger partial charge is 0.496 e. The van der Waals surface area contributed by atoms with Crippen LogP contribution >= 0.6 is 0 Å². The minimum absolute atomic E-state index is 0.233. The molecule has 1 rings (SSSR count). The Balaban J connectivity index is 3.12. The van der Waals surface area contributed by atoms with Gasteiger partial charge in [-0.15, -0.1) is 0 Å². The summed E-state index contributed by atoms with van der Waals surface area (Å²) in [5.74, 6) is 0.880. The van der Waals surface area contributed by atoms with Crippen molar-refractivity contribution in [3.8, 4) is 17.7 Å². The van der Waals surface area contributed by atoms with E-state index in [1.807, 2.05) is 0 Å². The number of methoxy groups -OCH3 is 2. The molecule has 0 aliphatic carbocycles. The fraction of sp³-hybridized carbons (Fsp3) is 0.400. The van der Waals surface area contributed by atoms with Gasteiger partial charge in [0.05, 0.1) is 26.2 Å². The lowest BCUT2D eigenvalue weighted by molar-refractivity contribution is 0.379. The quantitative estimate of drug-likeness (QED) is 0.731. The van der Waals surface area contributed by atoms with Crippen LogP contribution in [0.5, 0.6) is 11.6 Å². The summed E-state index contributed by atoms with van der Waals surface area (Å²) in [6.45, 7) is 1.80. The lowest BCUT2D eigenvalue weighted by Crippen LogP contribution is -1.98. The Morgan fingerprint density at radius 3 is 2.64 bits per heavy atom. The molecule has 0 saturated heterocycles. The summed E-state index contributed by atoms with van der Waals surface area (Å²) in [6, 6.07) is 3.80. The molecular weight excluding hydrogens is 180 g/mol. The maximum absolute atomic E-state index is 8.77. The molecule has 0 aliphatic heterocycles. The molecule has 74 valence electrons. The molecule has 1 heterocycles. The van der Waals surface area contributed by atoms with Crippen LogP contribution < -0.4 is 9.47 Å². The molecule has 0 N–H and O–H groups in total. The van der Waals surface area contributed by atoms with Crippen LogP contribution in [0.15, 0.2) is 12.3 Å². The fourth-order valence-corrected chi connectivity index (χ4v) is 1.11. The molecule has 1 aromatic rings. The Hall–Kier alpha value is -1.76. The highest BCUT2D eigenvalue weighted by atomic mass is 16.5. The Morgan fingerprint density at radius 2 is 2.14 bits per heavy atom. The fourth-order valence-electron chi connectivity index (χ4n) is 1.11. The van der Waals surface area contributed by atoms with Gasteiger partial charge in [0, 0.05) is 17.8 Å². The van der Waals surface area contributed by atoms with Gasteiger partial charge in [0.15, 0.2) is 0 Å². The zero-order chi connectivity index (χ0) is 10.6. The SMILES string of the molecule is COc1cc(OC)c(C(C)C#N)cn1. The third kappa shape index (κ3) is 1.94. The van der Waals surface area contributed by atoms with Gasteiger partial charge in [-0.25, -0.2) is 4.98 Å². The molecule has 14 heavy (non-hydrogen) atoms. The van der Waals surface area contributed by atoms with Gasteiger partial charge in [0.25, 0.3) is 0 Å². The van der Waals surface area contributed by atoms with Crippen LogP contribution in [-0.4, -0.2) is 19.2 Å². The second-order valence-corrected chi connectivity index (χ2v) is 2.82. The molecule has 1 unspecified atom stereocenters. The number of nitrogens with zero attached hydrogens (tertiary/aromatic N) is 2. The monoisotopic (exact) mass is 192 g/mol. The third-order valence-corrected chi connectivity index (χ3v) is 1.96. The van der Waals surface area contributed by atoms with E-state index in [1.54, 1.807) is 26.3 Å². The minimum atomic E-state index is -0.233. The van der Waals surface area contributed by atoms with E-state index in [0.29, 0.717) is 11.6 Å². The summed E-state index contributed by atoms with van der Waals surface area (Å²) < 4.78 is 10.1. The van der Waals surface area contributed by atoms with Gasteiger partial charge in [-0.3, -0.25) is 0 Å². The molecule has 0 bridgehead atoms. The molecule has 0 amide bonds. The van der Waals surface area contributed by atoms with E-state index in [0.717, 1.165) is 5.56 Å². The zero-order valence-electron chi connectivity index (χ0n) is 8.44. The number of hydrogen-bond donors (Lipinski definition) is 0. The second kappa shape index (κ2) is 4.47. The molecule has 0 fully saturated rings. The Labute approximate surface area is 83.1 Å². The van der Waals surface area contributed by atoms with E-state index in [4.69, 9.17) is 14.7 Å². The maximum Gasteiger partial charge on any atom is 0.216 e. The van der Waals surface area contributed by atoms with Crippen LogP contribution in [0.1, 0.15) is 18.4 Å². The number of nitriles is 1. The summed E-state index contributed by atoms with van der Waals surface area (Å²) in [5.41, 5.74) is 0.774. The highest BCUT2D eigenvalue weighted by molar-refractivity contribution is 5.39.